The zero-order valence-electron chi connectivity index (χ0n) is 10.7. The minimum absolute atomic E-state index is 0.180. The number of nitrogens with one attached hydrogen (secondary N) is 2. The Hall–Kier alpha value is -1.86. The van der Waals surface area contributed by atoms with Crippen molar-refractivity contribution in [2.45, 2.75) is 10.1 Å². The minimum atomic E-state index is -0.451. The number of fused-ring (bicyclic) bond motifs is 1. The Balaban J connectivity index is 1.98. The lowest BCUT2D eigenvalue weighted by molar-refractivity contribution is 0.594. The number of nitrogen functional groups attached to an aromatic ring is 1. The SMILES string of the molecule is N=C(N)c1ccc(Sc2nc3ccccc3[nH]2)c(F)c1Br. The number of hydrogen-bond acceptors (Lipinski definition) is 3. The molecular formula is C14H10BrFN4S. The summed E-state index contributed by atoms with van der Waals surface area (Å²) in [6, 6.07) is 10.8. The molecule has 3 rings (SSSR count). The molecule has 0 bridgehead atoms. The molecule has 0 unspecified atom stereocenters. The molecule has 0 spiro atoms. The van der Waals surface area contributed by atoms with Crippen molar-refractivity contribution in [1.29, 1.82) is 5.41 Å². The second-order valence-corrected chi connectivity index (χ2v) is 6.14. The Morgan fingerprint density at radius 2 is 2.05 bits per heavy atom. The van der Waals surface area contributed by atoms with Crippen LogP contribution in [-0.4, -0.2) is 15.8 Å². The molecule has 4 nitrogen and oxygen atoms in total. The van der Waals surface area contributed by atoms with E-state index in [2.05, 4.69) is 25.9 Å². The van der Waals surface area contributed by atoms with Crippen molar-refractivity contribution in [3.05, 3.63) is 52.3 Å². The van der Waals surface area contributed by atoms with Gasteiger partial charge in [-0.15, -0.1) is 0 Å². The van der Waals surface area contributed by atoms with Gasteiger partial charge in [0.1, 0.15) is 5.84 Å². The highest BCUT2D eigenvalue weighted by molar-refractivity contribution is 9.10. The maximum absolute atomic E-state index is 14.3. The van der Waals surface area contributed by atoms with Gasteiger partial charge in [-0.3, -0.25) is 5.41 Å². The van der Waals surface area contributed by atoms with Gasteiger partial charge < -0.3 is 10.7 Å². The van der Waals surface area contributed by atoms with Crippen LogP contribution in [0.3, 0.4) is 0 Å². The smallest absolute Gasteiger partial charge is 0.171 e. The van der Waals surface area contributed by atoms with Crippen LogP contribution in [0.25, 0.3) is 11.0 Å². The topological polar surface area (TPSA) is 78.6 Å². The molecule has 0 atom stereocenters. The predicted octanol–water partition coefficient (Wildman–Crippen LogP) is 3.90. The summed E-state index contributed by atoms with van der Waals surface area (Å²) in [7, 11) is 0. The van der Waals surface area contributed by atoms with Gasteiger partial charge in [0.25, 0.3) is 0 Å². The summed E-state index contributed by atoms with van der Waals surface area (Å²) in [5.74, 6) is -0.630. The van der Waals surface area contributed by atoms with Gasteiger partial charge in [-0.25, -0.2) is 9.37 Å². The molecule has 0 amide bonds. The summed E-state index contributed by atoms with van der Waals surface area (Å²) >= 11 is 4.33. The second-order valence-electron chi connectivity index (χ2n) is 4.31. The molecule has 7 heteroatoms. The summed E-state index contributed by atoms with van der Waals surface area (Å²) in [5, 5.41) is 8.00. The molecule has 3 aromatic rings. The number of benzene rings is 2. The summed E-state index contributed by atoms with van der Waals surface area (Å²) in [6.45, 7) is 0. The van der Waals surface area contributed by atoms with E-state index in [1.165, 1.54) is 11.8 Å². The molecule has 0 saturated heterocycles. The number of amidine groups is 1. The highest BCUT2D eigenvalue weighted by Gasteiger charge is 2.15. The predicted molar refractivity (Wildman–Crippen MR) is 85.3 cm³/mol. The lowest BCUT2D eigenvalue weighted by Crippen LogP contribution is -2.12. The van der Waals surface area contributed by atoms with Gasteiger partial charge in [0, 0.05) is 5.56 Å². The molecule has 0 aliphatic carbocycles. The van der Waals surface area contributed by atoms with E-state index in [0.717, 1.165) is 11.0 Å². The molecule has 1 aromatic heterocycles. The van der Waals surface area contributed by atoms with Crippen molar-refractivity contribution in [2.75, 3.05) is 0 Å². The maximum Gasteiger partial charge on any atom is 0.171 e. The molecule has 4 N–H and O–H groups in total. The Bertz CT molecular complexity index is 813. The van der Waals surface area contributed by atoms with E-state index in [4.69, 9.17) is 11.1 Å². The molecule has 1 heterocycles. The summed E-state index contributed by atoms with van der Waals surface area (Å²) < 4.78 is 14.5. The van der Waals surface area contributed by atoms with Gasteiger partial charge in [0.2, 0.25) is 0 Å². The molecule has 106 valence electrons. The average Bonchev–Trinajstić information content (AvgIpc) is 2.86. The molecule has 2 aromatic carbocycles. The van der Waals surface area contributed by atoms with E-state index < -0.39 is 5.82 Å². The molecule has 0 saturated carbocycles. The van der Waals surface area contributed by atoms with Crippen LogP contribution in [-0.2, 0) is 0 Å². The Kier molecular flexibility index (Phi) is 3.69. The Morgan fingerprint density at radius 3 is 2.76 bits per heavy atom. The maximum atomic E-state index is 14.3. The third-order valence-corrected chi connectivity index (χ3v) is 4.61. The largest absolute Gasteiger partial charge is 0.384 e. The number of nitrogens with two attached hydrogens (primary N) is 1. The first-order valence-corrected chi connectivity index (χ1v) is 7.62. The molecule has 0 aliphatic heterocycles. The lowest BCUT2D eigenvalue weighted by atomic mass is 10.2. The summed E-state index contributed by atoms with van der Waals surface area (Å²) in [6.07, 6.45) is 0. The van der Waals surface area contributed by atoms with Gasteiger partial charge in [-0.1, -0.05) is 12.1 Å². The summed E-state index contributed by atoms with van der Waals surface area (Å²) in [5.41, 5.74) is 7.47. The van der Waals surface area contributed by atoms with Crippen molar-refractivity contribution >= 4 is 44.6 Å². The van der Waals surface area contributed by atoms with Crippen LogP contribution in [0.4, 0.5) is 4.39 Å². The molecule has 0 radical (unpaired) electrons. The first-order valence-electron chi connectivity index (χ1n) is 6.01. The van der Waals surface area contributed by atoms with Crippen LogP contribution in [0.5, 0.6) is 0 Å². The number of halogens is 2. The average molecular weight is 365 g/mol. The number of hydrogen-bond donors (Lipinski definition) is 3. The van der Waals surface area contributed by atoms with Gasteiger partial charge in [0.05, 0.1) is 20.4 Å². The van der Waals surface area contributed by atoms with Crippen molar-refractivity contribution in [3.8, 4) is 0 Å². The fourth-order valence-electron chi connectivity index (χ4n) is 1.90. The highest BCUT2D eigenvalue weighted by atomic mass is 79.9. The van der Waals surface area contributed by atoms with E-state index in [-0.39, 0.29) is 10.3 Å². The fraction of sp³-hybridized carbons (Fsp3) is 0. The molecule has 0 fully saturated rings. The van der Waals surface area contributed by atoms with Crippen LogP contribution < -0.4 is 5.73 Å². The monoisotopic (exact) mass is 364 g/mol. The number of imidazole rings is 1. The lowest BCUT2D eigenvalue weighted by Gasteiger charge is -2.07. The first-order chi connectivity index (χ1) is 10.1. The standard InChI is InChI=1S/C14H10BrFN4S/c15-11-7(13(17)18)5-6-10(12(11)16)21-14-19-8-3-1-2-4-9(8)20-14/h1-6H,(H3,17,18)(H,19,20). The van der Waals surface area contributed by atoms with E-state index in [9.17, 15) is 4.39 Å². The number of H-pyrrole nitrogens is 1. The van der Waals surface area contributed by atoms with Crippen LogP contribution in [0.15, 0.2) is 50.9 Å². The molecule has 21 heavy (non-hydrogen) atoms. The third kappa shape index (κ3) is 2.66. The number of rotatable bonds is 3. The van der Waals surface area contributed by atoms with E-state index in [0.29, 0.717) is 15.6 Å². The third-order valence-electron chi connectivity index (χ3n) is 2.91. The van der Waals surface area contributed by atoms with Crippen LogP contribution in [0, 0.1) is 11.2 Å². The van der Waals surface area contributed by atoms with Crippen molar-refractivity contribution in [2.24, 2.45) is 5.73 Å². The van der Waals surface area contributed by atoms with Gasteiger partial charge in [0.15, 0.2) is 11.0 Å². The molecule has 0 aliphatic rings. The van der Waals surface area contributed by atoms with Gasteiger partial charge in [-0.05, 0) is 52.0 Å². The number of aromatic amines is 1. The van der Waals surface area contributed by atoms with Crippen molar-refractivity contribution in [1.82, 2.24) is 9.97 Å². The highest BCUT2D eigenvalue weighted by Crippen LogP contribution is 2.33. The van der Waals surface area contributed by atoms with Crippen LogP contribution in [0.2, 0.25) is 0 Å². The fourth-order valence-corrected chi connectivity index (χ4v) is 3.43. The zero-order chi connectivity index (χ0) is 15.0. The number of para-hydroxylation sites is 2. The Labute approximate surface area is 132 Å². The van der Waals surface area contributed by atoms with Crippen molar-refractivity contribution in [3.63, 3.8) is 0 Å². The van der Waals surface area contributed by atoms with Gasteiger partial charge >= 0.3 is 0 Å². The Morgan fingerprint density at radius 1 is 1.29 bits per heavy atom. The molecular weight excluding hydrogens is 355 g/mol. The second kappa shape index (κ2) is 5.50. The first kappa shape index (κ1) is 14.1. The van der Waals surface area contributed by atoms with Gasteiger partial charge in [-0.2, -0.15) is 0 Å². The summed E-state index contributed by atoms with van der Waals surface area (Å²) in [4.78, 5) is 7.93. The van der Waals surface area contributed by atoms with Crippen molar-refractivity contribution < 1.29 is 4.39 Å². The quantitative estimate of drug-likeness (QED) is 0.487. The number of aromatic nitrogens is 2. The number of nitrogens with zero attached hydrogens (tertiary/aromatic N) is 1. The van der Waals surface area contributed by atoms with E-state index >= 15 is 0 Å². The van der Waals surface area contributed by atoms with E-state index in [1.54, 1.807) is 12.1 Å². The van der Waals surface area contributed by atoms with Crippen LogP contribution >= 0.6 is 27.7 Å². The zero-order valence-corrected chi connectivity index (χ0v) is 13.1. The van der Waals surface area contributed by atoms with Crippen LogP contribution in [0.1, 0.15) is 5.56 Å². The van der Waals surface area contributed by atoms with E-state index in [1.807, 2.05) is 24.3 Å². The normalized spacial score (nSPS) is 11.0. The minimum Gasteiger partial charge on any atom is -0.384 e.